The Labute approximate surface area is 106 Å². The number of nitriles is 1. The molecule has 92 valence electrons. The van der Waals surface area contributed by atoms with Crippen molar-refractivity contribution in [3.8, 4) is 6.07 Å². The summed E-state index contributed by atoms with van der Waals surface area (Å²) in [6, 6.07) is 7.03. The lowest BCUT2D eigenvalue weighted by Crippen LogP contribution is -2.33. The Morgan fingerprint density at radius 3 is 2.50 bits per heavy atom. The van der Waals surface area contributed by atoms with Crippen LogP contribution in [0.5, 0.6) is 0 Å². The van der Waals surface area contributed by atoms with Gasteiger partial charge in [-0.3, -0.25) is 9.59 Å². The minimum Gasteiger partial charge on any atom is -0.274 e. The quantitative estimate of drug-likeness (QED) is 0.709. The van der Waals surface area contributed by atoms with E-state index in [0.717, 1.165) is 5.56 Å². The third-order valence-electron chi connectivity index (χ3n) is 3.20. The normalized spacial score (nSPS) is 18.0. The van der Waals surface area contributed by atoms with Crippen LogP contribution in [0, 0.1) is 23.7 Å². The Morgan fingerprint density at radius 1 is 1.33 bits per heavy atom. The van der Waals surface area contributed by atoms with Crippen molar-refractivity contribution in [3.63, 3.8) is 0 Å². The first-order chi connectivity index (χ1) is 8.36. The van der Waals surface area contributed by atoms with E-state index in [4.69, 9.17) is 5.26 Å². The first kappa shape index (κ1) is 12.3. The molecule has 2 amide bonds. The van der Waals surface area contributed by atoms with Crippen LogP contribution < -0.4 is 4.90 Å². The number of aryl methyl sites for hydroxylation is 1. The molecule has 0 spiro atoms. The molecule has 1 aromatic carbocycles. The second-order valence-corrected chi connectivity index (χ2v) is 5.21. The number of hydrogen-bond acceptors (Lipinski definition) is 3. The second kappa shape index (κ2) is 3.95. The molecule has 0 atom stereocenters. The molecule has 0 N–H and O–H groups in total. The lowest BCUT2D eigenvalue weighted by atomic mass is 9.92. The first-order valence-electron chi connectivity index (χ1n) is 5.75. The molecule has 1 saturated heterocycles. The molecule has 0 saturated carbocycles. The highest BCUT2D eigenvalue weighted by Crippen LogP contribution is 2.36. The van der Waals surface area contributed by atoms with Gasteiger partial charge in [0.25, 0.3) is 0 Å². The Morgan fingerprint density at radius 2 is 2.00 bits per heavy atom. The molecule has 2 rings (SSSR count). The fourth-order valence-electron chi connectivity index (χ4n) is 2.11. The number of nitrogens with zero attached hydrogens (tertiary/aromatic N) is 2. The van der Waals surface area contributed by atoms with Gasteiger partial charge in [-0.1, -0.05) is 19.9 Å². The molecule has 0 radical (unpaired) electrons. The van der Waals surface area contributed by atoms with Gasteiger partial charge in [-0.15, -0.1) is 0 Å². The summed E-state index contributed by atoms with van der Waals surface area (Å²) in [5, 5.41) is 8.89. The van der Waals surface area contributed by atoms with Crippen LogP contribution in [0.15, 0.2) is 18.2 Å². The average Bonchev–Trinajstić information content (AvgIpc) is 2.50. The fourth-order valence-corrected chi connectivity index (χ4v) is 2.11. The number of carbonyl (C=O) groups excluding carboxylic acids is 2. The van der Waals surface area contributed by atoms with Gasteiger partial charge in [-0.25, -0.2) is 4.90 Å². The molecule has 1 fully saturated rings. The lowest BCUT2D eigenvalue weighted by molar-refractivity contribution is -0.124. The molecule has 0 unspecified atom stereocenters. The third-order valence-corrected chi connectivity index (χ3v) is 3.20. The molecule has 1 aliphatic heterocycles. The lowest BCUT2D eigenvalue weighted by Gasteiger charge is -2.19. The van der Waals surface area contributed by atoms with Crippen molar-refractivity contribution in [2.24, 2.45) is 5.41 Å². The van der Waals surface area contributed by atoms with E-state index in [2.05, 4.69) is 0 Å². The zero-order valence-electron chi connectivity index (χ0n) is 10.7. The van der Waals surface area contributed by atoms with Crippen LogP contribution in [0.1, 0.15) is 31.4 Å². The summed E-state index contributed by atoms with van der Waals surface area (Å²) in [5.41, 5.74) is 1.12. The average molecular weight is 242 g/mol. The minimum absolute atomic E-state index is 0.203. The SMILES string of the molecule is Cc1ccc(C#N)cc1N1C(=O)CC(C)(C)C1=O. The van der Waals surface area contributed by atoms with Gasteiger partial charge in [-0.05, 0) is 24.6 Å². The maximum absolute atomic E-state index is 12.2. The van der Waals surface area contributed by atoms with E-state index in [1.165, 1.54) is 4.90 Å². The van der Waals surface area contributed by atoms with Gasteiger partial charge in [0.1, 0.15) is 0 Å². The maximum atomic E-state index is 12.2. The Hall–Kier alpha value is -2.15. The largest absolute Gasteiger partial charge is 0.274 e. The van der Waals surface area contributed by atoms with Gasteiger partial charge in [0.05, 0.1) is 22.7 Å². The van der Waals surface area contributed by atoms with Gasteiger partial charge in [0.15, 0.2) is 0 Å². The van der Waals surface area contributed by atoms with Crippen LogP contribution in [-0.2, 0) is 9.59 Å². The molecule has 18 heavy (non-hydrogen) atoms. The van der Waals surface area contributed by atoms with E-state index < -0.39 is 5.41 Å². The first-order valence-corrected chi connectivity index (χ1v) is 5.75. The van der Waals surface area contributed by atoms with Gasteiger partial charge in [0.2, 0.25) is 11.8 Å². The highest BCUT2D eigenvalue weighted by molar-refractivity contribution is 6.22. The van der Waals surface area contributed by atoms with Crippen molar-refractivity contribution in [1.82, 2.24) is 0 Å². The van der Waals surface area contributed by atoms with Gasteiger partial charge >= 0.3 is 0 Å². The van der Waals surface area contributed by atoms with Crippen molar-refractivity contribution in [2.45, 2.75) is 27.2 Å². The van der Waals surface area contributed by atoms with E-state index >= 15 is 0 Å². The molecule has 4 nitrogen and oxygen atoms in total. The van der Waals surface area contributed by atoms with Crippen molar-refractivity contribution in [3.05, 3.63) is 29.3 Å². The van der Waals surface area contributed by atoms with Crippen LogP contribution in [0.3, 0.4) is 0 Å². The van der Waals surface area contributed by atoms with Crippen molar-refractivity contribution >= 4 is 17.5 Å². The standard InChI is InChI=1S/C14H14N2O2/c1-9-4-5-10(8-15)6-11(9)16-12(17)7-14(2,3)13(16)18/h4-6H,7H2,1-3H3. The van der Waals surface area contributed by atoms with Crippen LogP contribution in [-0.4, -0.2) is 11.8 Å². The number of carbonyl (C=O) groups is 2. The summed E-state index contributed by atoms with van der Waals surface area (Å²) < 4.78 is 0. The Balaban J connectivity index is 2.53. The molecule has 1 heterocycles. The maximum Gasteiger partial charge on any atom is 0.239 e. The summed E-state index contributed by atoms with van der Waals surface area (Å²) in [6.07, 6.45) is 0.210. The van der Waals surface area contributed by atoms with E-state index in [0.29, 0.717) is 11.3 Å². The summed E-state index contributed by atoms with van der Waals surface area (Å²) in [4.78, 5) is 25.4. The van der Waals surface area contributed by atoms with Crippen molar-refractivity contribution in [2.75, 3.05) is 4.90 Å². The van der Waals surface area contributed by atoms with E-state index in [-0.39, 0.29) is 18.2 Å². The highest BCUT2D eigenvalue weighted by Gasteiger charge is 2.45. The van der Waals surface area contributed by atoms with Gasteiger partial charge < -0.3 is 0 Å². The molecule has 0 bridgehead atoms. The monoisotopic (exact) mass is 242 g/mol. The minimum atomic E-state index is -0.661. The van der Waals surface area contributed by atoms with Crippen molar-refractivity contribution in [1.29, 1.82) is 5.26 Å². The molecule has 1 aliphatic rings. The number of rotatable bonds is 1. The number of imide groups is 1. The summed E-state index contributed by atoms with van der Waals surface area (Å²) in [6.45, 7) is 5.34. The fraction of sp³-hybridized carbons (Fsp3) is 0.357. The second-order valence-electron chi connectivity index (χ2n) is 5.21. The summed E-state index contributed by atoms with van der Waals surface area (Å²) in [7, 11) is 0. The van der Waals surface area contributed by atoms with E-state index in [1.54, 1.807) is 32.0 Å². The molecular formula is C14H14N2O2. The van der Waals surface area contributed by atoms with E-state index in [1.807, 2.05) is 13.0 Å². The molecule has 0 aromatic heterocycles. The number of amides is 2. The molecular weight excluding hydrogens is 228 g/mol. The molecule has 0 aliphatic carbocycles. The predicted octanol–water partition coefficient (Wildman–Crippen LogP) is 2.16. The van der Waals surface area contributed by atoms with Crippen LogP contribution in [0.4, 0.5) is 5.69 Å². The van der Waals surface area contributed by atoms with Crippen LogP contribution >= 0.6 is 0 Å². The van der Waals surface area contributed by atoms with Gasteiger partial charge in [-0.2, -0.15) is 5.26 Å². The highest BCUT2D eigenvalue weighted by atomic mass is 16.2. The number of hydrogen-bond donors (Lipinski definition) is 0. The number of anilines is 1. The summed E-state index contributed by atoms with van der Waals surface area (Å²) in [5.74, 6) is -0.408. The Bertz CT molecular complexity index is 582. The Kier molecular flexibility index (Phi) is 2.70. The van der Waals surface area contributed by atoms with Gasteiger partial charge in [0, 0.05) is 6.42 Å². The number of benzene rings is 1. The molecule has 1 aromatic rings. The van der Waals surface area contributed by atoms with Crippen LogP contribution in [0.25, 0.3) is 0 Å². The van der Waals surface area contributed by atoms with Crippen LogP contribution in [0.2, 0.25) is 0 Å². The smallest absolute Gasteiger partial charge is 0.239 e. The zero-order valence-corrected chi connectivity index (χ0v) is 10.7. The van der Waals surface area contributed by atoms with Crippen molar-refractivity contribution < 1.29 is 9.59 Å². The summed E-state index contributed by atoms with van der Waals surface area (Å²) >= 11 is 0. The third kappa shape index (κ3) is 1.78. The molecule has 4 heteroatoms. The topological polar surface area (TPSA) is 61.2 Å². The zero-order chi connectivity index (χ0) is 13.5. The van der Waals surface area contributed by atoms with E-state index in [9.17, 15) is 9.59 Å². The predicted molar refractivity (Wildman–Crippen MR) is 66.8 cm³/mol.